The van der Waals surface area contributed by atoms with Gasteiger partial charge in [0.15, 0.2) is 0 Å². The lowest BCUT2D eigenvalue weighted by molar-refractivity contribution is 0.820. The van der Waals surface area contributed by atoms with E-state index >= 15 is 0 Å². The van der Waals surface area contributed by atoms with Gasteiger partial charge in [-0.25, -0.2) is 4.98 Å². The highest BCUT2D eigenvalue weighted by molar-refractivity contribution is 7.09. The van der Waals surface area contributed by atoms with E-state index in [0.717, 1.165) is 19.3 Å². The molecule has 0 N–H and O–H groups in total. The average Bonchev–Trinajstić information content (AvgIpc) is 2.31. The summed E-state index contributed by atoms with van der Waals surface area (Å²) < 4.78 is 0. The van der Waals surface area contributed by atoms with E-state index in [-0.39, 0.29) is 0 Å². The summed E-state index contributed by atoms with van der Waals surface area (Å²) in [7, 11) is 0. The zero-order valence-electron chi connectivity index (χ0n) is 6.26. The van der Waals surface area contributed by atoms with Crippen molar-refractivity contribution >= 4 is 11.3 Å². The Hall–Kier alpha value is -0.370. The molecule has 0 aliphatic rings. The van der Waals surface area contributed by atoms with E-state index < -0.39 is 0 Å². The Labute approximate surface area is 66.1 Å². The number of hydrogen-bond donors (Lipinski definition) is 0. The highest BCUT2D eigenvalue weighted by atomic mass is 32.1. The van der Waals surface area contributed by atoms with Crippen molar-refractivity contribution < 1.29 is 0 Å². The number of unbranched alkanes of at least 4 members (excludes halogenated alkanes) is 1. The molecule has 0 aromatic carbocycles. The van der Waals surface area contributed by atoms with Crippen LogP contribution in [0.15, 0.2) is 5.38 Å². The smallest absolute Gasteiger partial charge is 0.0897 e. The molecule has 55 valence electrons. The maximum Gasteiger partial charge on any atom is 0.0897 e. The van der Waals surface area contributed by atoms with Gasteiger partial charge in [-0.15, -0.1) is 11.3 Å². The number of aryl methyl sites for hydroxylation is 2. The second kappa shape index (κ2) is 3.71. The Morgan fingerprint density at radius 1 is 1.70 bits per heavy atom. The van der Waals surface area contributed by atoms with Gasteiger partial charge in [-0.2, -0.15) is 0 Å². The van der Waals surface area contributed by atoms with Crippen molar-refractivity contribution in [1.29, 1.82) is 0 Å². The average molecular weight is 154 g/mol. The standard InChI is InChI=1S/C8H12NS/c1-3-4-5-8-6-10-7(2)9-8/h6H,1,3-5H2,2H3. The molecule has 1 heterocycles. The molecule has 1 nitrogen and oxygen atoms in total. The first-order valence-corrected chi connectivity index (χ1v) is 4.41. The van der Waals surface area contributed by atoms with Gasteiger partial charge >= 0.3 is 0 Å². The second-order valence-corrected chi connectivity index (χ2v) is 3.38. The minimum Gasteiger partial charge on any atom is -0.247 e. The Morgan fingerprint density at radius 2 is 2.50 bits per heavy atom. The summed E-state index contributed by atoms with van der Waals surface area (Å²) in [4.78, 5) is 4.34. The van der Waals surface area contributed by atoms with E-state index in [2.05, 4.69) is 17.3 Å². The van der Waals surface area contributed by atoms with Crippen LogP contribution in [-0.2, 0) is 6.42 Å². The molecule has 0 amide bonds. The molecule has 0 fully saturated rings. The summed E-state index contributed by atoms with van der Waals surface area (Å²) >= 11 is 1.72. The summed E-state index contributed by atoms with van der Waals surface area (Å²) in [5.41, 5.74) is 1.23. The molecular weight excluding hydrogens is 142 g/mol. The molecule has 1 radical (unpaired) electrons. The van der Waals surface area contributed by atoms with E-state index in [1.807, 2.05) is 6.92 Å². The summed E-state index contributed by atoms with van der Waals surface area (Å²) in [6, 6.07) is 0. The van der Waals surface area contributed by atoms with Crippen LogP contribution in [0.1, 0.15) is 23.5 Å². The van der Waals surface area contributed by atoms with E-state index in [4.69, 9.17) is 0 Å². The highest BCUT2D eigenvalue weighted by Crippen LogP contribution is 2.09. The predicted octanol–water partition coefficient (Wildman–Crippen LogP) is 2.61. The van der Waals surface area contributed by atoms with E-state index in [1.165, 1.54) is 10.7 Å². The number of rotatable bonds is 3. The number of nitrogens with zero attached hydrogens (tertiary/aromatic N) is 1. The lowest BCUT2D eigenvalue weighted by Gasteiger charge is -1.90. The summed E-state index contributed by atoms with van der Waals surface area (Å²) in [5, 5.41) is 3.30. The van der Waals surface area contributed by atoms with Crippen molar-refractivity contribution in [3.63, 3.8) is 0 Å². The third kappa shape index (κ3) is 2.10. The van der Waals surface area contributed by atoms with Crippen LogP contribution >= 0.6 is 11.3 Å². The molecule has 0 aliphatic heterocycles. The lowest BCUT2D eigenvalue weighted by atomic mass is 10.2. The Balaban J connectivity index is 2.42. The van der Waals surface area contributed by atoms with E-state index in [1.54, 1.807) is 11.3 Å². The number of thiazole rings is 1. The molecular formula is C8H12NS. The molecule has 0 atom stereocenters. The van der Waals surface area contributed by atoms with Crippen LogP contribution in [0.5, 0.6) is 0 Å². The first kappa shape index (κ1) is 7.73. The lowest BCUT2D eigenvalue weighted by Crippen LogP contribution is -1.83. The van der Waals surface area contributed by atoms with Gasteiger partial charge in [0.2, 0.25) is 0 Å². The summed E-state index contributed by atoms with van der Waals surface area (Å²) in [6.45, 7) is 5.82. The van der Waals surface area contributed by atoms with Crippen molar-refractivity contribution in [2.24, 2.45) is 0 Å². The fourth-order valence-corrected chi connectivity index (χ4v) is 1.48. The van der Waals surface area contributed by atoms with Crippen LogP contribution < -0.4 is 0 Å². The molecule has 0 saturated carbocycles. The van der Waals surface area contributed by atoms with Gasteiger partial charge in [0.1, 0.15) is 0 Å². The van der Waals surface area contributed by atoms with Crippen LogP contribution in [0.3, 0.4) is 0 Å². The minimum atomic E-state index is 1.01. The van der Waals surface area contributed by atoms with E-state index in [0.29, 0.717) is 0 Å². The largest absolute Gasteiger partial charge is 0.247 e. The first-order valence-electron chi connectivity index (χ1n) is 3.53. The summed E-state index contributed by atoms with van der Waals surface area (Å²) in [6.07, 6.45) is 3.26. The predicted molar refractivity (Wildman–Crippen MR) is 45.1 cm³/mol. The van der Waals surface area contributed by atoms with Gasteiger partial charge < -0.3 is 0 Å². The number of hydrogen-bond acceptors (Lipinski definition) is 2. The zero-order valence-corrected chi connectivity index (χ0v) is 7.08. The Morgan fingerprint density at radius 3 is 3.00 bits per heavy atom. The maximum atomic E-state index is 4.34. The molecule has 0 bridgehead atoms. The van der Waals surface area contributed by atoms with Crippen LogP contribution in [0, 0.1) is 13.8 Å². The van der Waals surface area contributed by atoms with Gasteiger partial charge in [0.25, 0.3) is 0 Å². The van der Waals surface area contributed by atoms with Gasteiger partial charge in [-0.3, -0.25) is 0 Å². The van der Waals surface area contributed by atoms with Gasteiger partial charge in [0, 0.05) is 5.38 Å². The molecule has 0 unspecified atom stereocenters. The monoisotopic (exact) mass is 154 g/mol. The highest BCUT2D eigenvalue weighted by Gasteiger charge is 1.95. The fraction of sp³-hybridized carbons (Fsp3) is 0.500. The molecule has 0 spiro atoms. The van der Waals surface area contributed by atoms with Crippen molar-refractivity contribution in [2.45, 2.75) is 26.2 Å². The minimum absolute atomic E-state index is 1.01. The molecule has 1 aromatic heterocycles. The van der Waals surface area contributed by atoms with Crippen LogP contribution in [-0.4, -0.2) is 4.98 Å². The first-order chi connectivity index (χ1) is 4.83. The quantitative estimate of drug-likeness (QED) is 0.652. The van der Waals surface area contributed by atoms with Gasteiger partial charge in [0.05, 0.1) is 10.7 Å². The molecule has 2 heteroatoms. The molecule has 0 aliphatic carbocycles. The molecule has 0 saturated heterocycles. The topological polar surface area (TPSA) is 12.9 Å². The SMILES string of the molecule is [CH2]CCCc1csc(C)n1. The van der Waals surface area contributed by atoms with Gasteiger partial charge in [-0.1, -0.05) is 13.3 Å². The summed E-state index contributed by atoms with van der Waals surface area (Å²) in [5.74, 6) is 0. The van der Waals surface area contributed by atoms with Crippen LogP contribution in [0.2, 0.25) is 0 Å². The van der Waals surface area contributed by atoms with Crippen LogP contribution in [0.25, 0.3) is 0 Å². The third-order valence-corrected chi connectivity index (χ3v) is 2.17. The molecule has 1 rings (SSSR count). The van der Waals surface area contributed by atoms with E-state index in [9.17, 15) is 0 Å². The molecule has 10 heavy (non-hydrogen) atoms. The van der Waals surface area contributed by atoms with Crippen molar-refractivity contribution in [3.05, 3.63) is 23.0 Å². The van der Waals surface area contributed by atoms with Crippen molar-refractivity contribution in [1.82, 2.24) is 4.98 Å². The van der Waals surface area contributed by atoms with Crippen molar-refractivity contribution in [2.75, 3.05) is 0 Å². The normalized spacial score (nSPS) is 10.2. The fourth-order valence-electron chi connectivity index (χ4n) is 0.829. The van der Waals surface area contributed by atoms with Crippen LogP contribution in [0.4, 0.5) is 0 Å². The second-order valence-electron chi connectivity index (χ2n) is 2.31. The van der Waals surface area contributed by atoms with Crippen molar-refractivity contribution in [3.8, 4) is 0 Å². The Kier molecular flexibility index (Phi) is 2.87. The third-order valence-electron chi connectivity index (χ3n) is 1.35. The molecule has 1 aromatic rings. The Bertz CT molecular complexity index is 193. The van der Waals surface area contributed by atoms with Gasteiger partial charge in [-0.05, 0) is 19.8 Å². The maximum absolute atomic E-state index is 4.34. The number of aromatic nitrogens is 1. The zero-order chi connectivity index (χ0) is 7.40.